The fraction of sp³-hybridized carbons (Fsp3) is 0.414. The summed E-state index contributed by atoms with van der Waals surface area (Å²) in [5, 5.41) is 0. The van der Waals surface area contributed by atoms with Crippen molar-refractivity contribution in [3.63, 3.8) is 0 Å². The number of ether oxygens (including phenoxy) is 1. The van der Waals surface area contributed by atoms with E-state index < -0.39 is 0 Å². The zero-order valence-electron chi connectivity index (χ0n) is 21.5. The molecule has 1 aromatic heterocycles. The summed E-state index contributed by atoms with van der Waals surface area (Å²) in [7, 11) is 0. The molecular weight excluding hydrogens is 450 g/mol. The van der Waals surface area contributed by atoms with Crippen LogP contribution >= 0.6 is 0 Å². The number of aromatic nitrogens is 2. The van der Waals surface area contributed by atoms with Crippen LogP contribution in [0.5, 0.6) is 11.6 Å². The third-order valence-corrected chi connectivity index (χ3v) is 7.46. The normalized spacial score (nSPS) is 18.3. The van der Waals surface area contributed by atoms with Gasteiger partial charge < -0.3 is 19.4 Å². The molecule has 7 heteroatoms. The van der Waals surface area contributed by atoms with Crippen molar-refractivity contribution in [2.45, 2.75) is 33.6 Å². The number of amides is 1. The van der Waals surface area contributed by atoms with Gasteiger partial charge in [0.05, 0.1) is 5.92 Å². The first-order chi connectivity index (χ1) is 17.5. The summed E-state index contributed by atoms with van der Waals surface area (Å²) in [4.78, 5) is 29.2. The fourth-order valence-electron chi connectivity index (χ4n) is 5.20. The molecule has 0 aliphatic carbocycles. The average molecular weight is 486 g/mol. The van der Waals surface area contributed by atoms with Crippen molar-refractivity contribution in [1.82, 2.24) is 14.9 Å². The molecule has 7 nitrogen and oxygen atoms in total. The molecule has 2 aliphatic heterocycles. The molecular formula is C29H35N5O2. The van der Waals surface area contributed by atoms with Gasteiger partial charge in [0.25, 0.3) is 5.88 Å². The van der Waals surface area contributed by atoms with Crippen molar-refractivity contribution in [3.8, 4) is 11.6 Å². The van der Waals surface area contributed by atoms with Crippen molar-refractivity contribution in [3.05, 3.63) is 71.5 Å². The van der Waals surface area contributed by atoms with Gasteiger partial charge in [0.2, 0.25) is 5.91 Å². The van der Waals surface area contributed by atoms with E-state index in [-0.39, 0.29) is 11.8 Å². The van der Waals surface area contributed by atoms with Crippen LogP contribution in [0.2, 0.25) is 0 Å². The van der Waals surface area contributed by atoms with Crippen LogP contribution in [-0.2, 0) is 4.79 Å². The van der Waals surface area contributed by atoms with Crippen molar-refractivity contribution in [1.29, 1.82) is 0 Å². The number of piperazine rings is 1. The molecule has 0 saturated carbocycles. The monoisotopic (exact) mass is 485 g/mol. The van der Waals surface area contributed by atoms with Crippen molar-refractivity contribution in [2.75, 3.05) is 49.1 Å². The highest BCUT2D eigenvalue weighted by Gasteiger charge is 2.33. The number of nitrogens with zero attached hydrogens (tertiary/aromatic N) is 5. The largest absolute Gasteiger partial charge is 0.436 e. The minimum Gasteiger partial charge on any atom is -0.436 e. The first kappa shape index (κ1) is 24.1. The first-order valence-corrected chi connectivity index (χ1v) is 12.9. The fourth-order valence-corrected chi connectivity index (χ4v) is 5.20. The van der Waals surface area contributed by atoms with Gasteiger partial charge in [-0.15, -0.1) is 0 Å². The minimum absolute atomic E-state index is 0.0414. The molecule has 0 unspecified atom stereocenters. The van der Waals surface area contributed by atoms with Gasteiger partial charge in [0.1, 0.15) is 5.75 Å². The SMILES string of the molecule is Cc1ccc(Oc2nccnc2N2CCC[C@@H](C(=O)N3CCN(c4cccc(C)c4C)CC3)C2)cc1. The lowest BCUT2D eigenvalue weighted by Crippen LogP contribution is -2.52. The van der Waals surface area contributed by atoms with Gasteiger partial charge in [0.15, 0.2) is 5.82 Å². The van der Waals surface area contributed by atoms with Crippen LogP contribution in [0.3, 0.4) is 0 Å². The van der Waals surface area contributed by atoms with Gasteiger partial charge in [-0.1, -0.05) is 29.8 Å². The summed E-state index contributed by atoms with van der Waals surface area (Å²) >= 11 is 0. The summed E-state index contributed by atoms with van der Waals surface area (Å²) in [6.07, 6.45) is 5.19. The summed E-state index contributed by atoms with van der Waals surface area (Å²) in [5.74, 6) is 2.13. The van der Waals surface area contributed by atoms with E-state index >= 15 is 0 Å². The molecule has 0 N–H and O–H groups in total. The molecule has 0 spiro atoms. The molecule has 2 aromatic carbocycles. The van der Waals surface area contributed by atoms with Crippen LogP contribution in [0.4, 0.5) is 11.5 Å². The Morgan fingerprint density at radius 3 is 2.42 bits per heavy atom. The lowest BCUT2D eigenvalue weighted by Gasteiger charge is -2.40. The van der Waals surface area contributed by atoms with E-state index in [1.165, 1.54) is 22.4 Å². The number of carbonyl (C=O) groups is 1. The van der Waals surface area contributed by atoms with Gasteiger partial charge in [0, 0.05) is 57.3 Å². The average Bonchev–Trinajstić information content (AvgIpc) is 2.92. The Morgan fingerprint density at radius 2 is 1.64 bits per heavy atom. The van der Waals surface area contributed by atoms with Crippen LogP contribution in [0.1, 0.15) is 29.5 Å². The molecule has 0 radical (unpaired) electrons. The Labute approximate surface area is 213 Å². The Bertz CT molecular complexity index is 1200. The Balaban J connectivity index is 1.23. The molecule has 3 aromatic rings. The second-order valence-corrected chi connectivity index (χ2v) is 9.92. The Kier molecular flexibility index (Phi) is 7.07. The van der Waals surface area contributed by atoms with Gasteiger partial charge in [-0.2, -0.15) is 0 Å². The van der Waals surface area contributed by atoms with Crippen LogP contribution in [0, 0.1) is 26.7 Å². The molecule has 5 rings (SSSR count). The lowest BCUT2D eigenvalue weighted by atomic mass is 9.96. The third kappa shape index (κ3) is 5.15. The van der Waals surface area contributed by atoms with Crippen LogP contribution in [-0.4, -0.2) is 60.0 Å². The molecule has 1 atom stereocenters. The quantitative estimate of drug-likeness (QED) is 0.519. The highest BCUT2D eigenvalue weighted by Crippen LogP contribution is 2.32. The second kappa shape index (κ2) is 10.6. The maximum atomic E-state index is 13.5. The standard InChI is InChI=1S/C29H35N5O2/c1-21-9-11-25(12-10-21)36-28-27(30-13-14-31-28)34-15-5-7-24(20-34)29(35)33-18-16-32(17-19-33)26-8-4-6-22(2)23(26)3/h4,6,8-14,24H,5,7,15-20H2,1-3H3/t24-/m1/s1. The number of anilines is 2. The molecule has 188 valence electrons. The van der Waals surface area contributed by atoms with E-state index in [1.54, 1.807) is 12.4 Å². The maximum absolute atomic E-state index is 13.5. The molecule has 36 heavy (non-hydrogen) atoms. The van der Waals surface area contributed by atoms with E-state index in [9.17, 15) is 4.79 Å². The zero-order valence-corrected chi connectivity index (χ0v) is 21.5. The number of hydrogen-bond donors (Lipinski definition) is 0. The van der Waals surface area contributed by atoms with Crippen molar-refractivity contribution < 1.29 is 9.53 Å². The summed E-state index contributed by atoms with van der Waals surface area (Å²) in [6.45, 7) is 11.1. The number of benzene rings is 2. The highest BCUT2D eigenvalue weighted by atomic mass is 16.5. The van der Waals surface area contributed by atoms with Gasteiger partial charge in [-0.05, 0) is 62.9 Å². The summed E-state index contributed by atoms with van der Waals surface area (Å²) in [5.41, 5.74) is 5.10. The Hall–Kier alpha value is -3.61. The molecule has 2 fully saturated rings. The van der Waals surface area contributed by atoms with E-state index in [0.29, 0.717) is 18.2 Å². The highest BCUT2D eigenvalue weighted by molar-refractivity contribution is 5.80. The molecule has 3 heterocycles. The number of piperidine rings is 1. The van der Waals surface area contributed by atoms with Gasteiger partial charge >= 0.3 is 0 Å². The van der Waals surface area contributed by atoms with Crippen LogP contribution in [0.15, 0.2) is 54.9 Å². The number of hydrogen-bond acceptors (Lipinski definition) is 6. The number of aryl methyl sites for hydroxylation is 2. The Morgan fingerprint density at radius 1 is 0.889 bits per heavy atom. The van der Waals surface area contributed by atoms with Crippen LogP contribution < -0.4 is 14.5 Å². The molecule has 1 amide bonds. The second-order valence-electron chi connectivity index (χ2n) is 9.92. The van der Waals surface area contributed by atoms with Gasteiger partial charge in [-0.3, -0.25) is 4.79 Å². The van der Waals surface area contributed by atoms with Gasteiger partial charge in [-0.25, -0.2) is 9.97 Å². The number of rotatable bonds is 5. The van der Waals surface area contributed by atoms with E-state index in [1.807, 2.05) is 31.2 Å². The molecule has 2 saturated heterocycles. The maximum Gasteiger partial charge on any atom is 0.263 e. The first-order valence-electron chi connectivity index (χ1n) is 12.9. The number of carbonyl (C=O) groups excluding carboxylic acids is 1. The summed E-state index contributed by atoms with van der Waals surface area (Å²) < 4.78 is 6.09. The van der Waals surface area contributed by atoms with Crippen LogP contribution in [0.25, 0.3) is 0 Å². The summed E-state index contributed by atoms with van der Waals surface area (Å²) in [6, 6.07) is 14.4. The van der Waals surface area contributed by atoms with Crippen molar-refractivity contribution in [2.24, 2.45) is 5.92 Å². The minimum atomic E-state index is -0.0414. The predicted octanol–water partition coefficient (Wildman–Crippen LogP) is 4.76. The molecule has 0 bridgehead atoms. The van der Waals surface area contributed by atoms with E-state index in [2.05, 4.69) is 56.7 Å². The zero-order chi connectivity index (χ0) is 25.1. The third-order valence-electron chi connectivity index (χ3n) is 7.46. The van der Waals surface area contributed by atoms with E-state index in [4.69, 9.17) is 4.74 Å². The predicted molar refractivity (Wildman–Crippen MR) is 143 cm³/mol. The molecule has 2 aliphatic rings. The topological polar surface area (TPSA) is 61.8 Å². The van der Waals surface area contributed by atoms with E-state index in [0.717, 1.165) is 51.3 Å². The van der Waals surface area contributed by atoms with Crippen molar-refractivity contribution >= 4 is 17.4 Å². The lowest BCUT2D eigenvalue weighted by molar-refractivity contribution is -0.136. The smallest absolute Gasteiger partial charge is 0.263 e.